The lowest BCUT2D eigenvalue weighted by Crippen LogP contribution is -2.24. The van der Waals surface area contributed by atoms with Crippen molar-refractivity contribution in [1.82, 2.24) is 9.97 Å². The molecular formula is C27H24ClFN4O2. The van der Waals surface area contributed by atoms with Crippen molar-refractivity contribution in [3.8, 4) is 11.3 Å². The molecule has 1 unspecified atom stereocenters. The lowest BCUT2D eigenvalue weighted by Gasteiger charge is -2.19. The van der Waals surface area contributed by atoms with E-state index in [4.69, 9.17) is 22.3 Å². The predicted molar refractivity (Wildman–Crippen MR) is 134 cm³/mol. The Kier molecular flexibility index (Phi) is 7.70. The number of primary amides is 1. The molecule has 0 saturated carbocycles. The van der Waals surface area contributed by atoms with Crippen molar-refractivity contribution in [2.24, 2.45) is 5.73 Å². The second-order valence-corrected chi connectivity index (χ2v) is 8.44. The van der Waals surface area contributed by atoms with Gasteiger partial charge in [-0.15, -0.1) is 0 Å². The lowest BCUT2D eigenvalue weighted by atomic mass is 9.91. The molecule has 4 N–H and O–H groups in total. The number of nitrogens with one attached hydrogen (secondary N) is 1. The molecule has 0 aliphatic heterocycles. The first-order chi connectivity index (χ1) is 17.0. The maximum Gasteiger partial charge on any atom is 0.229 e. The molecule has 0 fully saturated rings. The van der Waals surface area contributed by atoms with Crippen molar-refractivity contribution >= 4 is 23.3 Å². The third-order valence-corrected chi connectivity index (χ3v) is 5.95. The lowest BCUT2D eigenvalue weighted by molar-refractivity contribution is -0.118. The third kappa shape index (κ3) is 5.82. The first-order valence-corrected chi connectivity index (χ1v) is 11.4. The number of nitrogens with zero attached hydrogens (tertiary/aromatic N) is 2. The van der Waals surface area contributed by atoms with Gasteiger partial charge in [0, 0.05) is 35.1 Å². The highest BCUT2D eigenvalue weighted by molar-refractivity contribution is 6.33. The largest absolute Gasteiger partial charge is 0.392 e. The SMILES string of the molecule is NC(=O)C(c1cccnc1)c1ccc(-c2cc(CO)ccc2Cl)nc1NCCc1cccc(F)c1. The number of aromatic nitrogens is 2. The van der Waals surface area contributed by atoms with Gasteiger partial charge in [-0.3, -0.25) is 9.78 Å². The maximum absolute atomic E-state index is 13.6. The Morgan fingerprint density at radius 3 is 2.66 bits per heavy atom. The molecule has 1 atom stereocenters. The average Bonchev–Trinajstić information content (AvgIpc) is 2.86. The van der Waals surface area contributed by atoms with Crippen LogP contribution in [0.15, 0.2) is 79.1 Å². The molecule has 2 aromatic carbocycles. The van der Waals surface area contributed by atoms with Crippen LogP contribution in [0.3, 0.4) is 0 Å². The number of carbonyl (C=O) groups is 1. The zero-order valence-electron chi connectivity index (χ0n) is 18.8. The second-order valence-electron chi connectivity index (χ2n) is 8.04. The van der Waals surface area contributed by atoms with Crippen molar-refractivity contribution in [3.05, 3.63) is 112 Å². The van der Waals surface area contributed by atoms with E-state index >= 15 is 0 Å². The van der Waals surface area contributed by atoms with Gasteiger partial charge in [-0.1, -0.05) is 41.9 Å². The van der Waals surface area contributed by atoms with Crippen LogP contribution in [-0.2, 0) is 17.8 Å². The summed E-state index contributed by atoms with van der Waals surface area (Å²) in [6, 6.07) is 18.7. The Hall–Kier alpha value is -3.81. The number of pyridine rings is 2. The van der Waals surface area contributed by atoms with Crippen LogP contribution in [0.5, 0.6) is 0 Å². The summed E-state index contributed by atoms with van der Waals surface area (Å²) in [5.74, 6) is -1.16. The van der Waals surface area contributed by atoms with Gasteiger partial charge in [0.1, 0.15) is 11.6 Å². The Bertz CT molecular complexity index is 1330. The number of hydrogen-bond donors (Lipinski definition) is 3. The predicted octanol–water partition coefficient (Wildman–Crippen LogP) is 4.70. The molecule has 2 aromatic heterocycles. The number of rotatable bonds is 9. The summed E-state index contributed by atoms with van der Waals surface area (Å²) < 4.78 is 13.6. The van der Waals surface area contributed by atoms with E-state index in [1.807, 2.05) is 6.07 Å². The zero-order chi connectivity index (χ0) is 24.8. The number of aliphatic hydroxyl groups is 1. The Labute approximate surface area is 207 Å². The van der Waals surface area contributed by atoms with Gasteiger partial charge in [-0.25, -0.2) is 9.37 Å². The number of amides is 1. The van der Waals surface area contributed by atoms with Crippen LogP contribution in [0.4, 0.5) is 10.2 Å². The van der Waals surface area contributed by atoms with E-state index in [1.165, 1.54) is 12.1 Å². The van der Waals surface area contributed by atoms with Gasteiger partial charge >= 0.3 is 0 Å². The molecule has 1 amide bonds. The second kappa shape index (κ2) is 11.1. The molecular weight excluding hydrogens is 467 g/mol. The van der Waals surface area contributed by atoms with Crippen LogP contribution in [0.25, 0.3) is 11.3 Å². The summed E-state index contributed by atoms with van der Waals surface area (Å²) in [7, 11) is 0. The molecule has 4 aromatic rings. The summed E-state index contributed by atoms with van der Waals surface area (Å²) in [6.45, 7) is 0.307. The van der Waals surface area contributed by atoms with Crippen LogP contribution in [-0.4, -0.2) is 27.5 Å². The highest BCUT2D eigenvalue weighted by Gasteiger charge is 2.25. The molecule has 8 heteroatoms. The molecule has 6 nitrogen and oxygen atoms in total. The third-order valence-electron chi connectivity index (χ3n) is 5.62. The van der Waals surface area contributed by atoms with Gasteiger partial charge in [0.15, 0.2) is 0 Å². The fraction of sp³-hybridized carbons (Fsp3) is 0.148. The summed E-state index contributed by atoms with van der Waals surface area (Å²) in [5, 5.41) is 13.3. The minimum atomic E-state index is -0.777. The van der Waals surface area contributed by atoms with E-state index in [1.54, 1.807) is 60.9 Å². The summed E-state index contributed by atoms with van der Waals surface area (Å²) >= 11 is 6.43. The highest BCUT2D eigenvalue weighted by atomic mass is 35.5. The average molecular weight is 491 g/mol. The van der Waals surface area contributed by atoms with Gasteiger partial charge in [0.25, 0.3) is 0 Å². The normalized spacial score (nSPS) is 11.7. The first kappa shape index (κ1) is 24.3. The fourth-order valence-corrected chi connectivity index (χ4v) is 4.14. The molecule has 2 heterocycles. The van der Waals surface area contributed by atoms with Gasteiger partial charge in [0.05, 0.1) is 18.2 Å². The number of hydrogen-bond acceptors (Lipinski definition) is 5. The molecule has 0 radical (unpaired) electrons. The Balaban J connectivity index is 1.74. The Morgan fingerprint density at radius 1 is 1.09 bits per heavy atom. The van der Waals surface area contributed by atoms with E-state index in [0.717, 1.165) is 5.56 Å². The molecule has 178 valence electrons. The summed E-state index contributed by atoms with van der Waals surface area (Å²) in [6.07, 6.45) is 3.76. The van der Waals surface area contributed by atoms with Gasteiger partial charge < -0.3 is 16.2 Å². The molecule has 0 saturated heterocycles. The standard InChI is InChI=1S/C27H24ClFN4O2/c28-23-8-6-18(16-34)14-22(23)24-9-7-21(25(26(30)35)19-4-2-11-31-15-19)27(33-24)32-12-10-17-3-1-5-20(29)13-17/h1-9,11,13-15,25,34H,10,12,16H2,(H2,30,35)(H,32,33). The fourth-order valence-electron chi connectivity index (χ4n) is 3.92. The van der Waals surface area contributed by atoms with Crippen molar-refractivity contribution in [1.29, 1.82) is 0 Å². The van der Waals surface area contributed by atoms with Crippen LogP contribution in [0.2, 0.25) is 5.02 Å². The van der Waals surface area contributed by atoms with Crippen molar-refractivity contribution in [3.63, 3.8) is 0 Å². The van der Waals surface area contributed by atoms with Crippen molar-refractivity contribution in [2.45, 2.75) is 18.9 Å². The number of anilines is 1. The van der Waals surface area contributed by atoms with Crippen LogP contribution < -0.4 is 11.1 Å². The van der Waals surface area contributed by atoms with Crippen molar-refractivity contribution < 1.29 is 14.3 Å². The smallest absolute Gasteiger partial charge is 0.229 e. The summed E-state index contributed by atoms with van der Waals surface area (Å²) in [4.78, 5) is 21.4. The van der Waals surface area contributed by atoms with E-state index < -0.39 is 11.8 Å². The van der Waals surface area contributed by atoms with Crippen LogP contribution >= 0.6 is 11.6 Å². The van der Waals surface area contributed by atoms with Crippen molar-refractivity contribution in [2.75, 3.05) is 11.9 Å². The van der Waals surface area contributed by atoms with E-state index in [9.17, 15) is 14.3 Å². The highest BCUT2D eigenvalue weighted by Crippen LogP contribution is 2.34. The summed E-state index contributed by atoms with van der Waals surface area (Å²) in [5.41, 5.74) is 9.77. The minimum Gasteiger partial charge on any atom is -0.392 e. The minimum absolute atomic E-state index is 0.133. The Morgan fingerprint density at radius 2 is 1.94 bits per heavy atom. The maximum atomic E-state index is 13.6. The number of benzene rings is 2. The quantitative estimate of drug-likeness (QED) is 0.315. The van der Waals surface area contributed by atoms with E-state index in [0.29, 0.717) is 51.8 Å². The number of halogens is 2. The molecule has 4 rings (SSSR count). The topological polar surface area (TPSA) is 101 Å². The monoisotopic (exact) mass is 490 g/mol. The molecule has 0 aliphatic rings. The number of aliphatic hydroxyl groups excluding tert-OH is 1. The molecule has 35 heavy (non-hydrogen) atoms. The van der Waals surface area contributed by atoms with E-state index in [2.05, 4.69) is 10.3 Å². The van der Waals surface area contributed by atoms with Gasteiger partial charge in [-0.05, 0) is 59.5 Å². The van der Waals surface area contributed by atoms with Crippen LogP contribution in [0.1, 0.15) is 28.2 Å². The van der Waals surface area contributed by atoms with E-state index in [-0.39, 0.29) is 12.4 Å². The molecule has 0 aliphatic carbocycles. The van der Waals surface area contributed by atoms with Crippen LogP contribution in [0, 0.1) is 5.82 Å². The number of nitrogens with two attached hydrogens (primary N) is 1. The van der Waals surface area contributed by atoms with Gasteiger partial charge in [-0.2, -0.15) is 0 Å². The van der Waals surface area contributed by atoms with Gasteiger partial charge in [0.2, 0.25) is 5.91 Å². The molecule has 0 bridgehead atoms. The molecule has 0 spiro atoms. The zero-order valence-corrected chi connectivity index (χ0v) is 19.5. The first-order valence-electron chi connectivity index (χ1n) is 11.0. The number of carbonyl (C=O) groups excluding carboxylic acids is 1.